The van der Waals surface area contributed by atoms with Gasteiger partial charge in [0.2, 0.25) is 0 Å². The minimum atomic E-state index is -1.11. The Morgan fingerprint density at radius 3 is 2.42 bits per heavy atom. The van der Waals surface area contributed by atoms with Crippen molar-refractivity contribution in [3.8, 4) is 0 Å². The molecule has 0 unspecified atom stereocenters. The van der Waals surface area contributed by atoms with Gasteiger partial charge >= 0.3 is 12.0 Å². The van der Waals surface area contributed by atoms with Crippen molar-refractivity contribution in [1.29, 1.82) is 0 Å². The van der Waals surface area contributed by atoms with Gasteiger partial charge in [0.25, 0.3) is 0 Å². The number of aliphatic hydroxyl groups excluding tert-OH is 1. The fourth-order valence-electron chi connectivity index (χ4n) is 2.56. The Morgan fingerprint density at radius 1 is 1.37 bits per heavy atom. The predicted octanol–water partition coefficient (Wildman–Crippen LogP) is 1.04. The Kier molecular flexibility index (Phi) is 5.60. The summed E-state index contributed by atoms with van der Waals surface area (Å²) in [5.74, 6) is -1.11. The smallest absolute Gasteiger partial charge is 0.326 e. The van der Waals surface area contributed by atoms with Crippen molar-refractivity contribution in [3.63, 3.8) is 0 Å². The Labute approximate surface area is 113 Å². The molecule has 19 heavy (non-hydrogen) atoms. The van der Waals surface area contributed by atoms with E-state index in [4.69, 9.17) is 10.2 Å². The van der Waals surface area contributed by atoms with Crippen LogP contribution in [0.4, 0.5) is 4.79 Å². The molecule has 3 N–H and O–H groups in total. The number of nitrogens with one attached hydrogen (secondary N) is 1. The van der Waals surface area contributed by atoms with Crippen LogP contribution in [0.15, 0.2) is 0 Å². The molecule has 6 nitrogen and oxygen atoms in total. The molecule has 0 aromatic carbocycles. The highest BCUT2D eigenvalue weighted by Crippen LogP contribution is 2.36. The van der Waals surface area contributed by atoms with Crippen molar-refractivity contribution in [2.24, 2.45) is 5.41 Å². The SMILES string of the molecule is CCC1(CC)CCN(C(=O)N[C@H](CCO)C(=O)O)C1. The molecule has 0 aromatic heterocycles. The molecule has 1 rings (SSSR count). The average molecular weight is 272 g/mol. The summed E-state index contributed by atoms with van der Waals surface area (Å²) < 4.78 is 0. The van der Waals surface area contributed by atoms with Gasteiger partial charge in [-0.2, -0.15) is 0 Å². The zero-order chi connectivity index (χ0) is 14.5. The first kappa shape index (κ1) is 15.8. The number of hydrogen-bond donors (Lipinski definition) is 3. The Bertz CT molecular complexity index is 329. The summed E-state index contributed by atoms with van der Waals surface area (Å²) in [4.78, 5) is 24.6. The van der Waals surface area contributed by atoms with Gasteiger partial charge in [0, 0.05) is 26.1 Å². The first-order valence-corrected chi connectivity index (χ1v) is 6.87. The van der Waals surface area contributed by atoms with Crippen LogP contribution in [0.5, 0.6) is 0 Å². The van der Waals surface area contributed by atoms with E-state index in [0.717, 1.165) is 19.3 Å². The van der Waals surface area contributed by atoms with Crippen molar-refractivity contribution in [3.05, 3.63) is 0 Å². The molecule has 1 aliphatic rings. The normalized spacial score (nSPS) is 19.2. The van der Waals surface area contributed by atoms with E-state index in [2.05, 4.69) is 19.2 Å². The molecule has 0 aliphatic carbocycles. The number of carboxylic acid groups (broad SMARTS) is 1. The molecular weight excluding hydrogens is 248 g/mol. The fraction of sp³-hybridized carbons (Fsp3) is 0.846. The van der Waals surface area contributed by atoms with E-state index in [1.165, 1.54) is 0 Å². The lowest BCUT2D eigenvalue weighted by molar-refractivity contribution is -0.139. The number of carboxylic acids is 1. The summed E-state index contributed by atoms with van der Waals surface area (Å²) in [5.41, 5.74) is 0.174. The Hall–Kier alpha value is -1.30. The van der Waals surface area contributed by atoms with Crippen molar-refractivity contribution >= 4 is 12.0 Å². The maximum Gasteiger partial charge on any atom is 0.326 e. The molecule has 0 bridgehead atoms. The van der Waals surface area contributed by atoms with Gasteiger partial charge in [-0.1, -0.05) is 13.8 Å². The van der Waals surface area contributed by atoms with Crippen LogP contribution in [0.25, 0.3) is 0 Å². The zero-order valence-corrected chi connectivity index (χ0v) is 11.7. The van der Waals surface area contributed by atoms with E-state index >= 15 is 0 Å². The summed E-state index contributed by atoms with van der Waals surface area (Å²) in [6.45, 7) is 5.33. The molecule has 0 radical (unpaired) electrons. The molecule has 0 spiro atoms. The molecule has 110 valence electrons. The quantitative estimate of drug-likeness (QED) is 0.674. The van der Waals surface area contributed by atoms with E-state index in [1.54, 1.807) is 4.90 Å². The second-order valence-corrected chi connectivity index (χ2v) is 5.23. The maximum absolute atomic E-state index is 12.0. The lowest BCUT2D eigenvalue weighted by Crippen LogP contribution is -2.48. The number of likely N-dealkylation sites (tertiary alicyclic amines) is 1. The highest BCUT2D eigenvalue weighted by molar-refractivity contribution is 5.82. The number of urea groups is 1. The van der Waals surface area contributed by atoms with Crippen LogP contribution in [-0.2, 0) is 4.79 Å². The monoisotopic (exact) mass is 272 g/mol. The minimum absolute atomic E-state index is 0.0294. The molecule has 1 heterocycles. The predicted molar refractivity (Wildman–Crippen MR) is 70.9 cm³/mol. The van der Waals surface area contributed by atoms with Crippen molar-refractivity contribution in [1.82, 2.24) is 10.2 Å². The molecule has 2 amide bonds. The molecule has 0 saturated carbocycles. The van der Waals surface area contributed by atoms with Gasteiger partial charge in [0.05, 0.1) is 0 Å². The summed E-state index contributed by atoms with van der Waals surface area (Å²) in [7, 11) is 0. The minimum Gasteiger partial charge on any atom is -0.480 e. The summed E-state index contributed by atoms with van der Waals surface area (Å²) >= 11 is 0. The highest BCUT2D eigenvalue weighted by Gasteiger charge is 2.37. The number of hydrogen-bond acceptors (Lipinski definition) is 3. The van der Waals surface area contributed by atoms with Crippen LogP contribution in [-0.4, -0.2) is 52.9 Å². The fourth-order valence-corrected chi connectivity index (χ4v) is 2.56. The Balaban J connectivity index is 2.57. The standard InChI is InChI=1S/C13H24N2O4/c1-3-13(4-2)6-7-15(9-13)12(19)14-10(5-8-16)11(17)18/h10,16H,3-9H2,1-2H3,(H,14,19)(H,17,18)/t10-/m1/s1. The van der Waals surface area contributed by atoms with E-state index in [-0.39, 0.29) is 24.5 Å². The van der Waals surface area contributed by atoms with E-state index in [9.17, 15) is 9.59 Å². The molecule has 1 fully saturated rings. The first-order valence-electron chi connectivity index (χ1n) is 6.87. The van der Waals surface area contributed by atoms with Gasteiger partial charge in [0.1, 0.15) is 6.04 Å². The van der Waals surface area contributed by atoms with Gasteiger partial charge in [-0.25, -0.2) is 9.59 Å². The highest BCUT2D eigenvalue weighted by atomic mass is 16.4. The van der Waals surface area contributed by atoms with Gasteiger partial charge in [-0.15, -0.1) is 0 Å². The van der Waals surface area contributed by atoms with Crippen LogP contribution in [0.2, 0.25) is 0 Å². The molecule has 1 aliphatic heterocycles. The second-order valence-electron chi connectivity index (χ2n) is 5.23. The van der Waals surface area contributed by atoms with Crippen LogP contribution >= 0.6 is 0 Å². The average Bonchev–Trinajstić information content (AvgIpc) is 2.83. The Morgan fingerprint density at radius 2 is 2.00 bits per heavy atom. The summed E-state index contributed by atoms with van der Waals surface area (Å²) in [5, 5.41) is 20.2. The van der Waals surface area contributed by atoms with Crippen LogP contribution in [0, 0.1) is 5.41 Å². The third kappa shape index (κ3) is 3.83. The van der Waals surface area contributed by atoms with Gasteiger partial charge < -0.3 is 20.4 Å². The lowest BCUT2D eigenvalue weighted by Gasteiger charge is -2.27. The van der Waals surface area contributed by atoms with Gasteiger partial charge in [0.15, 0.2) is 0 Å². The lowest BCUT2D eigenvalue weighted by atomic mass is 9.82. The van der Waals surface area contributed by atoms with Crippen LogP contribution in [0.1, 0.15) is 39.5 Å². The molecule has 6 heteroatoms. The summed E-state index contributed by atoms with van der Waals surface area (Å²) in [6, 6.07) is -1.36. The second kappa shape index (κ2) is 6.75. The maximum atomic E-state index is 12.0. The molecular formula is C13H24N2O4. The van der Waals surface area contributed by atoms with Crippen LogP contribution in [0.3, 0.4) is 0 Å². The van der Waals surface area contributed by atoms with E-state index in [1.807, 2.05) is 0 Å². The number of amides is 2. The van der Waals surface area contributed by atoms with Crippen molar-refractivity contribution in [2.75, 3.05) is 19.7 Å². The number of nitrogens with zero attached hydrogens (tertiary/aromatic N) is 1. The molecule has 1 atom stereocenters. The third-order valence-corrected chi connectivity index (χ3v) is 4.24. The third-order valence-electron chi connectivity index (χ3n) is 4.24. The number of carbonyl (C=O) groups excluding carboxylic acids is 1. The molecule has 1 saturated heterocycles. The number of rotatable bonds is 6. The van der Waals surface area contributed by atoms with Gasteiger partial charge in [-0.3, -0.25) is 0 Å². The van der Waals surface area contributed by atoms with Crippen LogP contribution < -0.4 is 5.32 Å². The van der Waals surface area contributed by atoms with E-state index < -0.39 is 12.0 Å². The molecule has 0 aromatic rings. The topological polar surface area (TPSA) is 89.9 Å². The van der Waals surface area contributed by atoms with Crippen molar-refractivity contribution in [2.45, 2.75) is 45.6 Å². The zero-order valence-electron chi connectivity index (χ0n) is 11.7. The largest absolute Gasteiger partial charge is 0.480 e. The van der Waals surface area contributed by atoms with E-state index in [0.29, 0.717) is 13.1 Å². The van der Waals surface area contributed by atoms with Gasteiger partial charge in [-0.05, 0) is 24.7 Å². The number of aliphatic carboxylic acids is 1. The number of aliphatic hydroxyl groups is 1. The first-order chi connectivity index (χ1) is 8.98. The summed E-state index contributed by atoms with van der Waals surface area (Å²) in [6.07, 6.45) is 3.03. The number of carbonyl (C=O) groups is 2. The van der Waals surface area contributed by atoms with Crippen molar-refractivity contribution < 1.29 is 19.8 Å².